The number of rotatable bonds is 5. The van der Waals surface area contributed by atoms with Gasteiger partial charge >= 0.3 is 0 Å². The summed E-state index contributed by atoms with van der Waals surface area (Å²) in [6.45, 7) is 0. The van der Waals surface area contributed by atoms with E-state index in [1.807, 2.05) is 42.5 Å². The summed E-state index contributed by atoms with van der Waals surface area (Å²) in [6, 6.07) is 13.4. The second-order valence-electron chi connectivity index (χ2n) is 6.73. The normalized spacial score (nSPS) is 14.7. The second kappa shape index (κ2) is 7.99. The third-order valence-corrected chi connectivity index (χ3v) is 4.76. The van der Waals surface area contributed by atoms with Crippen molar-refractivity contribution >= 4 is 23.4 Å². The first-order valence-electron chi connectivity index (χ1n) is 9.29. The van der Waals surface area contributed by atoms with E-state index in [1.54, 1.807) is 17.2 Å². The molecule has 0 unspecified atom stereocenters. The molecule has 0 spiro atoms. The molecule has 27 heavy (non-hydrogen) atoms. The number of carbonyl (C=O) groups excluding carboxylic acids is 1. The average molecular weight is 362 g/mol. The van der Waals surface area contributed by atoms with E-state index in [1.165, 1.54) is 6.42 Å². The first-order valence-corrected chi connectivity index (χ1v) is 9.29. The zero-order chi connectivity index (χ0) is 18.5. The van der Waals surface area contributed by atoms with Crippen LogP contribution in [0.25, 0.3) is 5.69 Å². The predicted octanol–water partition coefficient (Wildman–Crippen LogP) is 3.92. The van der Waals surface area contributed by atoms with Crippen molar-refractivity contribution in [3.63, 3.8) is 0 Å². The van der Waals surface area contributed by atoms with Crippen molar-refractivity contribution in [3.05, 3.63) is 55.0 Å². The van der Waals surface area contributed by atoms with Gasteiger partial charge in [-0.2, -0.15) is 4.98 Å². The van der Waals surface area contributed by atoms with Crippen LogP contribution in [0.4, 0.5) is 17.5 Å². The van der Waals surface area contributed by atoms with Crippen LogP contribution in [0.2, 0.25) is 0 Å². The van der Waals surface area contributed by atoms with Gasteiger partial charge < -0.3 is 10.6 Å². The summed E-state index contributed by atoms with van der Waals surface area (Å²) < 4.78 is 1.66. The molecule has 7 heteroatoms. The van der Waals surface area contributed by atoms with E-state index in [0.29, 0.717) is 11.8 Å². The maximum absolute atomic E-state index is 12.4. The lowest BCUT2D eigenvalue weighted by Crippen LogP contribution is -2.25. The lowest BCUT2D eigenvalue weighted by atomic mass is 9.89. The van der Waals surface area contributed by atoms with Crippen molar-refractivity contribution in [1.29, 1.82) is 0 Å². The number of hydrogen-bond donors (Lipinski definition) is 2. The summed E-state index contributed by atoms with van der Waals surface area (Å²) in [5.74, 6) is 1.20. The molecule has 1 aliphatic carbocycles. The Morgan fingerprint density at radius 2 is 1.85 bits per heavy atom. The van der Waals surface area contributed by atoms with Crippen LogP contribution < -0.4 is 10.6 Å². The smallest absolute Gasteiger partial charge is 0.246 e. The number of para-hydroxylation sites is 1. The molecule has 0 radical (unpaired) electrons. The van der Waals surface area contributed by atoms with Crippen molar-refractivity contribution in [2.75, 3.05) is 10.6 Å². The topological polar surface area (TPSA) is 84.7 Å². The van der Waals surface area contributed by atoms with Gasteiger partial charge in [0, 0.05) is 23.9 Å². The van der Waals surface area contributed by atoms with Crippen molar-refractivity contribution in [2.45, 2.75) is 32.1 Å². The molecule has 138 valence electrons. The fourth-order valence-corrected chi connectivity index (χ4v) is 3.32. The van der Waals surface area contributed by atoms with Crippen molar-refractivity contribution in [2.24, 2.45) is 5.92 Å². The van der Waals surface area contributed by atoms with E-state index in [2.05, 4.69) is 25.7 Å². The molecule has 1 aliphatic rings. The minimum atomic E-state index is 0.0596. The van der Waals surface area contributed by atoms with Gasteiger partial charge in [-0.1, -0.05) is 37.5 Å². The number of amides is 1. The number of carbonyl (C=O) groups is 1. The van der Waals surface area contributed by atoms with Crippen LogP contribution in [0.5, 0.6) is 0 Å². The monoisotopic (exact) mass is 362 g/mol. The van der Waals surface area contributed by atoms with Crippen LogP contribution in [-0.2, 0) is 4.79 Å². The number of hydrogen-bond acceptors (Lipinski definition) is 5. The van der Waals surface area contributed by atoms with Gasteiger partial charge in [0.2, 0.25) is 11.9 Å². The van der Waals surface area contributed by atoms with Gasteiger partial charge in [0.25, 0.3) is 0 Å². The van der Waals surface area contributed by atoms with Gasteiger partial charge in [-0.05, 0) is 31.0 Å². The summed E-state index contributed by atoms with van der Waals surface area (Å²) in [7, 11) is 0. The zero-order valence-corrected chi connectivity index (χ0v) is 15.0. The number of aromatic nitrogens is 4. The first kappa shape index (κ1) is 17.2. The van der Waals surface area contributed by atoms with Crippen LogP contribution >= 0.6 is 0 Å². The Bertz CT molecular complexity index is 902. The van der Waals surface area contributed by atoms with E-state index in [9.17, 15) is 4.79 Å². The fraction of sp³-hybridized carbons (Fsp3) is 0.300. The lowest BCUT2D eigenvalue weighted by Gasteiger charge is -2.20. The highest BCUT2D eigenvalue weighted by atomic mass is 16.1. The minimum absolute atomic E-state index is 0.0596. The standard InChI is InChI=1S/C20H22N6O/c27-19(15-7-3-1-4-8-15)24-18-13-17(11-12-21-18)26-14-22-20(25-26)23-16-9-5-2-6-10-16/h2,5-6,9-15H,1,3-4,7-8H2,(H,23,25)(H,21,24,27). The van der Waals surface area contributed by atoms with Gasteiger partial charge in [-0.3, -0.25) is 4.79 Å². The van der Waals surface area contributed by atoms with Gasteiger partial charge in [0.15, 0.2) is 0 Å². The average Bonchev–Trinajstić information content (AvgIpc) is 3.18. The maximum atomic E-state index is 12.4. The molecule has 4 rings (SSSR count). The van der Waals surface area contributed by atoms with Crippen LogP contribution in [0.1, 0.15) is 32.1 Å². The number of nitrogens with one attached hydrogen (secondary N) is 2. The summed E-state index contributed by atoms with van der Waals surface area (Å²) in [5.41, 5.74) is 1.71. The van der Waals surface area contributed by atoms with Gasteiger partial charge in [0.05, 0.1) is 5.69 Å². The Hall–Kier alpha value is -3.22. The van der Waals surface area contributed by atoms with Crippen LogP contribution in [0.3, 0.4) is 0 Å². The van der Waals surface area contributed by atoms with Gasteiger partial charge in [0.1, 0.15) is 12.1 Å². The quantitative estimate of drug-likeness (QED) is 0.718. The molecule has 1 saturated carbocycles. The molecule has 1 amide bonds. The molecule has 1 aromatic carbocycles. The largest absolute Gasteiger partial charge is 0.323 e. The summed E-state index contributed by atoms with van der Waals surface area (Å²) in [6.07, 6.45) is 8.70. The Labute approximate surface area is 157 Å². The molecular formula is C20H22N6O. The summed E-state index contributed by atoms with van der Waals surface area (Å²) in [5, 5.41) is 10.5. The molecule has 2 N–H and O–H groups in total. The van der Waals surface area contributed by atoms with Crippen molar-refractivity contribution in [3.8, 4) is 5.69 Å². The van der Waals surface area contributed by atoms with Gasteiger partial charge in [-0.25, -0.2) is 9.67 Å². The first-order chi connectivity index (χ1) is 13.3. The number of benzene rings is 1. The van der Waals surface area contributed by atoms with Crippen LogP contribution in [-0.4, -0.2) is 25.7 Å². The highest BCUT2D eigenvalue weighted by Gasteiger charge is 2.21. The van der Waals surface area contributed by atoms with E-state index < -0.39 is 0 Å². The minimum Gasteiger partial charge on any atom is -0.323 e. The highest BCUT2D eigenvalue weighted by Crippen LogP contribution is 2.25. The maximum Gasteiger partial charge on any atom is 0.246 e. The summed E-state index contributed by atoms with van der Waals surface area (Å²) >= 11 is 0. The third-order valence-electron chi connectivity index (χ3n) is 4.76. The summed E-state index contributed by atoms with van der Waals surface area (Å²) in [4.78, 5) is 21.0. The predicted molar refractivity (Wildman–Crippen MR) is 104 cm³/mol. The van der Waals surface area contributed by atoms with E-state index in [-0.39, 0.29) is 11.8 Å². The second-order valence-corrected chi connectivity index (χ2v) is 6.73. The number of pyridine rings is 1. The molecule has 7 nitrogen and oxygen atoms in total. The van der Waals surface area contributed by atoms with E-state index >= 15 is 0 Å². The van der Waals surface area contributed by atoms with Gasteiger partial charge in [-0.15, -0.1) is 5.10 Å². The van der Waals surface area contributed by atoms with Crippen LogP contribution in [0, 0.1) is 5.92 Å². The third kappa shape index (κ3) is 4.31. The molecule has 2 heterocycles. The Morgan fingerprint density at radius 1 is 1.04 bits per heavy atom. The Kier molecular flexibility index (Phi) is 5.09. The van der Waals surface area contributed by atoms with Crippen LogP contribution in [0.15, 0.2) is 55.0 Å². The number of anilines is 3. The molecule has 0 aliphatic heterocycles. The lowest BCUT2D eigenvalue weighted by molar-refractivity contribution is -0.120. The molecule has 0 saturated heterocycles. The fourth-order valence-electron chi connectivity index (χ4n) is 3.32. The zero-order valence-electron chi connectivity index (χ0n) is 15.0. The molecular weight excluding hydrogens is 340 g/mol. The SMILES string of the molecule is O=C(Nc1cc(-n2cnc(Nc3ccccc3)n2)ccn1)C1CCCCC1. The van der Waals surface area contributed by atoms with E-state index in [4.69, 9.17) is 0 Å². The Morgan fingerprint density at radius 3 is 2.67 bits per heavy atom. The molecule has 2 aromatic heterocycles. The molecule has 3 aromatic rings. The highest BCUT2D eigenvalue weighted by molar-refractivity contribution is 5.91. The van der Waals surface area contributed by atoms with E-state index in [0.717, 1.165) is 37.1 Å². The molecule has 0 atom stereocenters. The molecule has 0 bridgehead atoms. The number of nitrogens with zero attached hydrogens (tertiary/aromatic N) is 4. The van der Waals surface area contributed by atoms with Crippen molar-refractivity contribution in [1.82, 2.24) is 19.7 Å². The molecule has 1 fully saturated rings. The Balaban J connectivity index is 1.45. The van der Waals surface area contributed by atoms with Crippen molar-refractivity contribution < 1.29 is 4.79 Å².